The Morgan fingerprint density at radius 3 is 2.61 bits per heavy atom. The van der Waals surface area contributed by atoms with E-state index in [1.165, 1.54) is 19.3 Å². The Morgan fingerprint density at radius 1 is 1.22 bits per heavy atom. The number of alkyl carbamates (subject to hydrolysis) is 1. The number of hydrogen-bond acceptors (Lipinski definition) is 4. The molecule has 0 radical (unpaired) electrons. The predicted octanol–water partition coefficient (Wildman–Crippen LogP) is 3.47. The van der Waals surface area contributed by atoms with Gasteiger partial charge in [-0.05, 0) is 72.8 Å². The number of ether oxygens (including phenoxy) is 2. The Morgan fingerprint density at radius 2 is 1.96 bits per heavy atom. The molecule has 2 unspecified atom stereocenters. The van der Waals surface area contributed by atoms with Crippen LogP contribution in [0.4, 0.5) is 4.79 Å². The Hall–Kier alpha value is -0.810. The lowest BCUT2D eigenvalue weighted by atomic mass is 10.0. The maximum atomic E-state index is 11.7. The van der Waals surface area contributed by atoms with Crippen LogP contribution in [-0.4, -0.2) is 43.5 Å². The Bertz CT molecular complexity index is 340. The van der Waals surface area contributed by atoms with Crippen molar-refractivity contribution < 1.29 is 14.3 Å². The first-order valence-corrected chi connectivity index (χ1v) is 9.10. The molecule has 0 spiro atoms. The van der Waals surface area contributed by atoms with Gasteiger partial charge in [0.1, 0.15) is 5.60 Å². The standard InChI is InChI=1S/C18H36N2O3/c1-14(2)22-12-7-6-11-19-16-10-8-9-15(16)13-20-17(21)23-18(3,4)5/h14-16,19H,6-13H2,1-5H3,(H,20,21). The fraction of sp³-hybridized carbons (Fsp3) is 0.944. The van der Waals surface area contributed by atoms with Crippen molar-refractivity contribution in [1.29, 1.82) is 0 Å². The van der Waals surface area contributed by atoms with E-state index in [0.717, 1.165) is 26.0 Å². The largest absolute Gasteiger partial charge is 0.444 e. The zero-order valence-electron chi connectivity index (χ0n) is 15.6. The van der Waals surface area contributed by atoms with Crippen molar-refractivity contribution in [2.24, 2.45) is 5.92 Å². The number of unbranched alkanes of at least 4 members (excludes halogenated alkanes) is 1. The number of nitrogens with one attached hydrogen (secondary N) is 2. The molecule has 23 heavy (non-hydrogen) atoms. The molecule has 5 nitrogen and oxygen atoms in total. The molecular weight excluding hydrogens is 292 g/mol. The van der Waals surface area contributed by atoms with Gasteiger partial charge in [-0.25, -0.2) is 4.79 Å². The first kappa shape index (κ1) is 20.2. The van der Waals surface area contributed by atoms with E-state index in [4.69, 9.17) is 9.47 Å². The quantitative estimate of drug-likeness (QED) is 0.636. The van der Waals surface area contributed by atoms with Gasteiger partial charge in [-0.15, -0.1) is 0 Å². The van der Waals surface area contributed by atoms with Gasteiger partial charge in [-0.1, -0.05) is 6.42 Å². The van der Waals surface area contributed by atoms with Gasteiger partial charge in [0.2, 0.25) is 0 Å². The van der Waals surface area contributed by atoms with E-state index in [9.17, 15) is 4.79 Å². The van der Waals surface area contributed by atoms with Crippen LogP contribution in [0.2, 0.25) is 0 Å². The summed E-state index contributed by atoms with van der Waals surface area (Å²) in [7, 11) is 0. The normalized spacial score (nSPS) is 21.7. The molecule has 0 heterocycles. The van der Waals surface area contributed by atoms with Crippen LogP contribution in [0.1, 0.15) is 66.7 Å². The summed E-state index contributed by atoms with van der Waals surface area (Å²) in [6.07, 6.45) is 5.84. The van der Waals surface area contributed by atoms with Crippen LogP contribution in [0.15, 0.2) is 0 Å². The number of carbonyl (C=O) groups is 1. The SMILES string of the molecule is CC(C)OCCCCNC1CCCC1CNC(=O)OC(C)(C)C. The predicted molar refractivity (Wildman–Crippen MR) is 93.7 cm³/mol. The number of carbonyl (C=O) groups excluding carboxylic acids is 1. The van der Waals surface area contributed by atoms with Gasteiger partial charge >= 0.3 is 6.09 Å². The minimum absolute atomic E-state index is 0.311. The van der Waals surface area contributed by atoms with Crippen molar-refractivity contribution >= 4 is 6.09 Å². The summed E-state index contributed by atoms with van der Waals surface area (Å²) in [4.78, 5) is 11.7. The van der Waals surface area contributed by atoms with E-state index in [0.29, 0.717) is 24.6 Å². The highest BCUT2D eigenvalue weighted by atomic mass is 16.6. The van der Waals surface area contributed by atoms with Crippen LogP contribution in [0.3, 0.4) is 0 Å². The van der Waals surface area contributed by atoms with Crippen LogP contribution >= 0.6 is 0 Å². The van der Waals surface area contributed by atoms with Gasteiger partial charge in [-0.3, -0.25) is 0 Å². The third-order valence-corrected chi connectivity index (χ3v) is 4.00. The first-order valence-electron chi connectivity index (χ1n) is 9.10. The molecule has 0 saturated heterocycles. The average Bonchev–Trinajstić information content (AvgIpc) is 2.85. The molecule has 136 valence electrons. The van der Waals surface area contributed by atoms with E-state index in [1.807, 2.05) is 20.8 Å². The highest BCUT2D eigenvalue weighted by Crippen LogP contribution is 2.25. The summed E-state index contributed by atoms with van der Waals surface area (Å²) >= 11 is 0. The number of rotatable bonds is 9. The van der Waals surface area contributed by atoms with Crippen LogP contribution in [-0.2, 0) is 9.47 Å². The summed E-state index contributed by atoms with van der Waals surface area (Å²) < 4.78 is 10.8. The molecule has 1 fully saturated rings. The van der Waals surface area contributed by atoms with Crippen molar-refractivity contribution in [2.75, 3.05) is 19.7 Å². The first-order chi connectivity index (χ1) is 10.8. The van der Waals surface area contributed by atoms with E-state index < -0.39 is 5.60 Å². The van der Waals surface area contributed by atoms with E-state index in [1.54, 1.807) is 0 Å². The highest BCUT2D eigenvalue weighted by Gasteiger charge is 2.27. The molecule has 1 aliphatic rings. The zero-order valence-corrected chi connectivity index (χ0v) is 15.6. The second-order valence-corrected chi connectivity index (χ2v) is 7.76. The number of hydrogen-bond donors (Lipinski definition) is 2. The molecule has 0 bridgehead atoms. The Kier molecular flexibility index (Phi) is 8.92. The second kappa shape index (κ2) is 10.1. The topological polar surface area (TPSA) is 59.6 Å². The molecule has 0 aromatic heterocycles. The molecule has 0 aliphatic heterocycles. The smallest absolute Gasteiger partial charge is 0.407 e. The van der Waals surface area contributed by atoms with Crippen molar-refractivity contribution in [2.45, 2.75) is 84.5 Å². The minimum Gasteiger partial charge on any atom is -0.444 e. The molecule has 5 heteroatoms. The van der Waals surface area contributed by atoms with Crippen LogP contribution < -0.4 is 10.6 Å². The summed E-state index contributed by atoms with van der Waals surface area (Å²) in [6.45, 7) is 12.4. The maximum absolute atomic E-state index is 11.7. The van der Waals surface area contributed by atoms with Gasteiger partial charge < -0.3 is 20.1 Å². The molecule has 2 atom stereocenters. The highest BCUT2D eigenvalue weighted by molar-refractivity contribution is 5.67. The molecule has 1 saturated carbocycles. The molecule has 1 aliphatic carbocycles. The van der Waals surface area contributed by atoms with Gasteiger partial charge in [0.25, 0.3) is 0 Å². The van der Waals surface area contributed by atoms with Crippen LogP contribution in [0.25, 0.3) is 0 Å². The second-order valence-electron chi connectivity index (χ2n) is 7.76. The zero-order chi connectivity index (χ0) is 17.3. The molecule has 1 amide bonds. The van der Waals surface area contributed by atoms with Gasteiger partial charge in [0.05, 0.1) is 6.10 Å². The average molecular weight is 328 g/mol. The maximum Gasteiger partial charge on any atom is 0.407 e. The van der Waals surface area contributed by atoms with Gasteiger partial charge in [0.15, 0.2) is 0 Å². The molecule has 2 N–H and O–H groups in total. The third-order valence-electron chi connectivity index (χ3n) is 4.00. The van der Waals surface area contributed by atoms with Gasteiger partial charge in [0, 0.05) is 19.2 Å². The summed E-state index contributed by atoms with van der Waals surface area (Å²) in [6, 6.07) is 0.510. The van der Waals surface area contributed by atoms with E-state index in [-0.39, 0.29) is 6.09 Å². The lowest BCUT2D eigenvalue weighted by Crippen LogP contribution is -2.41. The monoisotopic (exact) mass is 328 g/mol. The van der Waals surface area contributed by atoms with Crippen molar-refractivity contribution in [3.63, 3.8) is 0 Å². The van der Waals surface area contributed by atoms with Gasteiger partial charge in [-0.2, -0.15) is 0 Å². The van der Waals surface area contributed by atoms with Crippen molar-refractivity contribution in [1.82, 2.24) is 10.6 Å². The molecule has 1 rings (SSSR count). The van der Waals surface area contributed by atoms with Crippen LogP contribution in [0.5, 0.6) is 0 Å². The lowest BCUT2D eigenvalue weighted by molar-refractivity contribution is 0.0517. The van der Waals surface area contributed by atoms with E-state index in [2.05, 4.69) is 24.5 Å². The fourth-order valence-corrected chi connectivity index (χ4v) is 2.91. The Balaban J connectivity index is 2.15. The summed E-state index contributed by atoms with van der Waals surface area (Å²) in [5, 5.41) is 6.56. The molecular formula is C18H36N2O3. The van der Waals surface area contributed by atoms with Crippen molar-refractivity contribution in [3.8, 4) is 0 Å². The minimum atomic E-state index is -0.435. The summed E-state index contributed by atoms with van der Waals surface area (Å²) in [5.41, 5.74) is -0.435. The van der Waals surface area contributed by atoms with Crippen molar-refractivity contribution in [3.05, 3.63) is 0 Å². The number of amides is 1. The fourth-order valence-electron chi connectivity index (χ4n) is 2.91. The van der Waals surface area contributed by atoms with Crippen LogP contribution in [0, 0.1) is 5.92 Å². The molecule has 0 aromatic carbocycles. The summed E-state index contributed by atoms with van der Waals surface area (Å²) in [5.74, 6) is 0.509. The lowest BCUT2D eigenvalue weighted by Gasteiger charge is -2.23. The Labute approximate surface area is 141 Å². The molecule has 0 aromatic rings. The third kappa shape index (κ3) is 9.82. The van der Waals surface area contributed by atoms with E-state index >= 15 is 0 Å².